The summed E-state index contributed by atoms with van der Waals surface area (Å²) in [6.07, 6.45) is -1.55. The molecule has 0 saturated carbocycles. The van der Waals surface area contributed by atoms with E-state index < -0.39 is 43.8 Å². The zero-order chi connectivity index (χ0) is 12.3. The van der Waals surface area contributed by atoms with Crippen LogP contribution in [0.1, 0.15) is 12.8 Å². The fourth-order valence-electron chi connectivity index (χ4n) is 1.16. The predicted molar refractivity (Wildman–Crippen MR) is 51.2 cm³/mol. The maximum atomic E-state index is 10.9. The Morgan fingerprint density at radius 1 is 1.00 bits per heavy atom. The van der Waals surface area contributed by atoms with Crippen molar-refractivity contribution in [1.82, 2.24) is 0 Å². The molecule has 8 nitrogen and oxygen atoms in total. The summed E-state index contributed by atoms with van der Waals surface area (Å²) < 4.78 is 58.5. The molecular formula is C5H13NO7S2. The highest BCUT2D eigenvalue weighted by Gasteiger charge is 2.53. The van der Waals surface area contributed by atoms with Gasteiger partial charge in [-0.3, -0.25) is 9.11 Å². The molecule has 5 N–H and O–H groups in total. The van der Waals surface area contributed by atoms with Gasteiger partial charge in [-0.15, -0.1) is 0 Å². The molecule has 92 valence electrons. The Balaban J connectivity index is 5.72. The Hall–Kier alpha value is -0.260. The van der Waals surface area contributed by atoms with E-state index in [-0.39, 0.29) is 6.54 Å². The Morgan fingerprint density at radius 2 is 1.40 bits per heavy atom. The van der Waals surface area contributed by atoms with Crippen molar-refractivity contribution < 1.29 is 31.0 Å². The molecule has 0 heterocycles. The Kier molecular flexibility index (Phi) is 4.64. The lowest BCUT2D eigenvalue weighted by molar-refractivity contribution is 0.268. The van der Waals surface area contributed by atoms with E-state index in [0.717, 1.165) is 0 Å². The first-order valence-electron chi connectivity index (χ1n) is 3.87. The van der Waals surface area contributed by atoms with Crippen molar-refractivity contribution in [3.63, 3.8) is 0 Å². The summed E-state index contributed by atoms with van der Waals surface area (Å²) in [7, 11) is -10.2. The van der Waals surface area contributed by atoms with Crippen molar-refractivity contribution in [2.24, 2.45) is 5.73 Å². The van der Waals surface area contributed by atoms with Gasteiger partial charge in [0.2, 0.25) is 4.08 Å². The molecule has 0 unspecified atom stereocenters. The number of hydrogen-bond acceptors (Lipinski definition) is 6. The van der Waals surface area contributed by atoms with E-state index in [4.69, 9.17) is 19.9 Å². The average Bonchev–Trinajstić information content (AvgIpc) is 1.99. The summed E-state index contributed by atoms with van der Waals surface area (Å²) in [5.74, 6) is 0. The Bertz CT molecular complexity index is 357. The van der Waals surface area contributed by atoms with Crippen molar-refractivity contribution in [3.8, 4) is 0 Å². The average molecular weight is 263 g/mol. The lowest BCUT2D eigenvalue weighted by Gasteiger charge is -2.25. The quantitative estimate of drug-likeness (QED) is 0.408. The molecule has 0 amide bonds. The van der Waals surface area contributed by atoms with Crippen LogP contribution < -0.4 is 5.73 Å². The SMILES string of the molecule is NCCC(CCO)(S(=O)(=O)O)S(=O)(=O)O. The van der Waals surface area contributed by atoms with Crippen molar-refractivity contribution in [1.29, 1.82) is 0 Å². The van der Waals surface area contributed by atoms with E-state index in [2.05, 4.69) is 0 Å². The monoisotopic (exact) mass is 263 g/mol. The van der Waals surface area contributed by atoms with Crippen LogP contribution in [0.15, 0.2) is 0 Å². The second-order valence-corrected chi connectivity index (χ2v) is 6.59. The van der Waals surface area contributed by atoms with E-state index in [9.17, 15) is 16.8 Å². The van der Waals surface area contributed by atoms with E-state index >= 15 is 0 Å². The van der Waals surface area contributed by atoms with Crippen molar-refractivity contribution >= 4 is 20.2 Å². The molecule has 0 aliphatic rings. The summed E-state index contributed by atoms with van der Waals surface area (Å²) in [5.41, 5.74) is 5.01. The fourth-order valence-corrected chi connectivity index (χ4v) is 3.68. The van der Waals surface area contributed by atoms with Crippen LogP contribution in [0.2, 0.25) is 0 Å². The standard InChI is InChI=1S/C5H13NO7S2/c6-3-1-5(2-4-7,14(8,9)10)15(11,12)13/h7H,1-4,6H2,(H,8,9,10)(H,11,12,13). The minimum absolute atomic E-state index is 0.389. The molecule has 15 heavy (non-hydrogen) atoms. The van der Waals surface area contributed by atoms with Crippen molar-refractivity contribution in [2.45, 2.75) is 16.9 Å². The molecule has 0 fully saturated rings. The predicted octanol–water partition coefficient (Wildman–Crippen LogP) is -1.81. The molecule has 0 aliphatic heterocycles. The maximum Gasteiger partial charge on any atom is 0.287 e. The highest BCUT2D eigenvalue weighted by atomic mass is 32.3. The largest absolute Gasteiger partial charge is 0.396 e. The number of hydrogen-bond donors (Lipinski definition) is 4. The zero-order valence-corrected chi connectivity index (χ0v) is 9.33. The van der Waals surface area contributed by atoms with Gasteiger partial charge in [-0.05, 0) is 13.0 Å². The van der Waals surface area contributed by atoms with E-state index in [0.29, 0.717) is 0 Å². The van der Waals surface area contributed by atoms with Gasteiger partial charge in [-0.1, -0.05) is 0 Å². The molecule has 10 heteroatoms. The molecule has 0 aromatic rings. The summed E-state index contributed by atoms with van der Waals surface area (Å²) in [6.45, 7) is -1.22. The van der Waals surface area contributed by atoms with Crippen LogP contribution in [0.4, 0.5) is 0 Å². The maximum absolute atomic E-state index is 10.9. The van der Waals surface area contributed by atoms with Crippen LogP contribution in [0.3, 0.4) is 0 Å². The first kappa shape index (κ1) is 14.7. The number of aliphatic hydroxyl groups is 1. The molecule has 0 aliphatic carbocycles. The van der Waals surface area contributed by atoms with Crippen LogP contribution in [0.25, 0.3) is 0 Å². The number of nitrogens with two attached hydrogens (primary N) is 1. The molecular weight excluding hydrogens is 250 g/mol. The Labute approximate surface area is 87.6 Å². The second-order valence-electron chi connectivity index (χ2n) is 2.87. The third-order valence-electron chi connectivity index (χ3n) is 1.96. The highest BCUT2D eigenvalue weighted by Crippen LogP contribution is 2.30. The zero-order valence-electron chi connectivity index (χ0n) is 7.70. The molecule has 0 aromatic carbocycles. The lowest BCUT2D eigenvalue weighted by Crippen LogP contribution is -2.48. The first-order valence-corrected chi connectivity index (χ1v) is 6.75. The van der Waals surface area contributed by atoms with Gasteiger partial charge in [0.05, 0.1) is 0 Å². The van der Waals surface area contributed by atoms with Crippen LogP contribution in [0, 0.1) is 0 Å². The Morgan fingerprint density at radius 3 is 1.60 bits per heavy atom. The number of aliphatic hydroxyl groups excluding tert-OH is 1. The van der Waals surface area contributed by atoms with Crippen molar-refractivity contribution in [2.75, 3.05) is 13.2 Å². The van der Waals surface area contributed by atoms with Gasteiger partial charge < -0.3 is 10.8 Å². The van der Waals surface area contributed by atoms with Gasteiger partial charge >= 0.3 is 0 Å². The summed E-state index contributed by atoms with van der Waals surface area (Å²) in [4.78, 5) is 0. The molecule has 0 aromatic heterocycles. The molecule has 0 radical (unpaired) electrons. The van der Waals surface area contributed by atoms with E-state index in [1.807, 2.05) is 0 Å². The van der Waals surface area contributed by atoms with Gasteiger partial charge in [0.15, 0.2) is 0 Å². The minimum Gasteiger partial charge on any atom is -0.396 e. The van der Waals surface area contributed by atoms with Crippen LogP contribution in [-0.2, 0) is 20.2 Å². The first-order chi connectivity index (χ1) is 6.62. The molecule has 0 saturated heterocycles. The third-order valence-corrected chi connectivity index (χ3v) is 5.92. The lowest BCUT2D eigenvalue weighted by atomic mass is 10.2. The van der Waals surface area contributed by atoms with Gasteiger partial charge in [0.1, 0.15) is 0 Å². The van der Waals surface area contributed by atoms with Crippen molar-refractivity contribution in [3.05, 3.63) is 0 Å². The fraction of sp³-hybridized carbons (Fsp3) is 1.00. The minimum atomic E-state index is -5.09. The summed E-state index contributed by atoms with van der Waals surface area (Å²) in [5, 5.41) is 8.56. The van der Waals surface area contributed by atoms with Crippen LogP contribution >= 0.6 is 0 Å². The smallest absolute Gasteiger partial charge is 0.287 e. The van der Waals surface area contributed by atoms with Crippen LogP contribution in [-0.4, -0.2) is 48.3 Å². The normalized spacial score (nSPS) is 14.1. The molecule has 0 atom stereocenters. The highest BCUT2D eigenvalue weighted by molar-refractivity contribution is 8.05. The van der Waals surface area contributed by atoms with Crippen LogP contribution in [0.5, 0.6) is 0 Å². The van der Waals surface area contributed by atoms with Gasteiger partial charge in [0, 0.05) is 13.0 Å². The van der Waals surface area contributed by atoms with Gasteiger partial charge in [0.25, 0.3) is 20.2 Å². The topological polar surface area (TPSA) is 155 Å². The molecule has 0 bridgehead atoms. The van der Waals surface area contributed by atoms with E-state index in [1.54, 1.807) is 0 Å². The molecule has 0 spiro atoms. The summed E-state index contributed by atoms with van der Waals surface area (Å²) >= 11 is 0. The van der Waals surface area contributed by atoms with Gasteiger partial charge in [-0.25, -0.2) is 0 Å². The third kappa shape index (κ3) is 2.86. The van der Waals surface area contributed by atoms with Gasteiger partial charge in [-0.2, -0.15) is 16.8 Å². The second kappa shape index (κ2) is 4.72. The molecule has 0 rings (SSSR count). The number of rotatable bonds is 6. The van der Waals surface area contributed by atoms with E-state index in [1.165, 1.54) is 0 Å². The summed E-state index contributed by atoms with van der Waals surface area (Å²) in [6, 6.07) is 0.